The van der Waals surface area contributed by atoms with Crippen LogP contribution < -0.4 is 5.32 Å². The Bertz CT molecular complexity index is 180. The van der Waals surface area contributed by atoms with E-state index in [1.54, 1.807) is 0 Å². The molecule has 96 valence electrons. The van der Waals surface area contributed by atoms with Crippen molar-refractivity contribution < 1.29 is 0 Å². The average molecular weight is 226 g/mol. The molecule has 1 heterocycles. The Morgan fingerprint density at radius 1 is 1.12 bits per heavy atom. The van der Waals surface area contributed by atoms with Crippen LogP contribution in [0, 0.1) is 0 Å². The first kappa shape index (κ1) is 14.0. The van der Waals surface area contributed by atoms with Gasteiger partial charge in [-0.3, -0.25) is 4.90 Å². The number of rotatable bonds is 6. The molecule has 0 aromatic carbocycles. The molecule has 2 atom stereocenters. The number of hydrogen-bond donors (Lipinski definition) is 1. The maximum Gasteiger partial charge on any atom is 0.0331 e. The van der Waals surface area contributed by atoms with Gasteiger partial charge >= 0.3 is 0 Å². The molecule has 0 bridgehead atoms. The third kappa shape index (κ3) is 2.98. The van der Waals surface area contributed by atoms with Gasteiger partial charge in [0.25, 0.3) is 0 Å². The van der Waals surface area contributed by atoms with E-state index in [9.17, 15) is 0 Å². The van der Waals surface area contributed by atoms with Crippen LogP contribution in [-0.4, -0.2) is 36.1 Å². The second-order valence-electron chi connectivity index (χ2n) is 5.28. The van der Waals surface area contributed by atoms with Gasteiger partial charge < -0.3 is 5.32 Å². The zero-order chi connectivity index (χ0) is 12.0. The lowest BCUT2D eigenvalue weighted by Gasteiger charge is -2.48. The molecule has 1 aliphatic rings. The van der Waals surface area contributed by atoms with Crippen LogP contribution in [0.2, 0.25) is 0 Å². The van der Waals surface area contributed by atoms with Gasteiger partial charge in [0.05, 0.1) is 0 Å². The summed E-state index contributed by atoms with van der Waals surface area (Å²) < 4.78 is 0. The summed E-state index contributed by atoms with van der Waals surface area (Å²) >= 11 is 0. The number of nitrogens with zero attached hydrogens (tertiary/aromatic N) is 1. The highest BCUT2D eigenvalue weighted by atomic mass is 15.2. The van der Waals surface area contributed by atoms with E-state index in [1.807, 2.05) is 0 Å². The first-order valence-electron chi connectivity index (χ1n) is 7.17. The van der Waals surface area contributed by atoms with E-state index < -0.39 is 0 Å². The molecular formula is C14H30N2. The maximum absolute atomic E-state index is 3.68. The van der Waals surface area contributed by atoms with Crippen molar-refractivity contribution in [3.05, 3.63) is 0 Å². The van der Waals surface area contributed by atoms with Gasteiger partial charge in [0, 0.05) is 11.6 Å². The molecule has 0 aromatic heterocycles. The highest BCUT2D eigenvalue weighted by molar-refractivity contribution is 4.96. The van der Waals surface area contributed by atoms with Gasteiger partial charge in [-0.25, -0.2) is 0 Å². The Kier molecular flexibility index (Phi) is 5.77. The van der Waals surface area contributed by atoms with Crippen molar-refractivity contribution in [2.24, 2.45) is 0 Å². The van der Waals surface area contributed by atoms with Gasteiger partial charge in [0.2, 0.25) is 0 Å². The zero-order valence-electron chi connectivity index (χ0n) is 11.7. The summed E-state index contributed by atoms with van der Waals surface area (Å²) in [6, 6.07) is 0.639. The Balaban J connectivity index is 2.71. The van der Waals surface area contributed by atoms with Crippen molar-refractivity contribution in [3.8, 4) is 0 Å². The first-order valence-corrected chi connectivity index (χ1v) is 7.17. The van der Waals surface area contributed by atoms with E-state index in [4.69, 9.17) is 0 Å². The molecule has 0 saturated carbocycles. The number of likely N-dealkylation sites (N-methyl/N-ethyl adjacent to an activating group) is 1. The zero-order valence-corrected chi connectivity index (χ0v) is 11.7. The fourth-order valence-corrected chi connectivity index (χ4v) is 3.15. The van der Waals surface area contributed by atoms with Crippen molar-refractivity contribution in [1.29, 1.82) is 0 Å². The Labute approximate surface area is 102 Å². The van der Waals surface area contributed by atoms with Gasteiger partial charge in [0.15, 0.2) is 0 Å². The van der Waals surface area contributed by atoms with E-state index >= 15 is 0 Å². The average Bonchev–Trinajstić information content (AvgIpc) is 2.36. The second kappa shape index (κ2) is 6.61. The first-order chi connectivity index (χ1) is 7.69. The van der Waals surface area contributed by atoms with Crippen LogP contribution in [0.4, 0.5) is 0 Å². The molecule has 0 spiro atoms. The maximum atomic E-state index is 3.68. The molecular weight excluding hydrogens is 196 g/mol. The molecule has 0 amide bonds. The largest absolute Gasteiger partial charge is 0.312 e. The summed E-state index contributed by atoms with van der Waals surface area (Å²) in [5.41, 5.74) is 0.352. The van der Waals surface area contributed by atoms with Crippen molar-refractivity contribution >= 4 is 0 Å². The molecule has 1 rings (SSSR count). The predicted octanol–water partition coefficient (Wildman–Crippen LogP) is 3.03. The molecule has 2 heteroatoms. The quantitative estimate of drug-likeness (QED) is 0.749. The summed E-state index contributed by atoms with van der Waals surface area (Å²) in [7, 11) is 0. The van der Waals surface area contributed by atoms with E-state index in [1.165, 1.54) is 45.2 Å². The van der Waals surface area contributed by atoms with Crippen LogP contribution in [0.15, 0.2) is 0 Å². The number of nitrogens with one attached hydrogen (secondary N) is 1. The van der Waals surface area contributed by atoms with Crippen molar-refractivity contribution in [2.75, 3.05) is 19.6 Å². The summed E-state index contributed by atoms with van der Waals surface area (Å²) in [5, 5.41) is 3.68. The lowest BCUT2D eigenvalue weighted by Crippen LogP contribution is -2.60. The monoisotopic (exact) mass is 226 g/mol. The predicted molar refractivity (Wildman–Crippen MR) is 71.9 cm³/mol. The minimum atomic E-state index is 0.352. The number of hydrogen-bond acceptors (Lipinski definition) is 2. The molecule has 1 saturated heterocycles. The topological polar surface area (TPSA) is 15.3 Å². The standard InChI is InChI=1S/C14H30N2/c1-5-13(15-7-3)14(4,6-2)16-11-9-8-10-12-16/h13,15H,5-12H2,1-4H3. The molecule has 0 aromatic rings. The summed E-state index contributed by atoms with van der Waals surface area (Å²) in [4.78, 5) is 2.73. The normalized spacial score (nSPS) is 24.0. The number of piperidine rings is 1. The van der Waals surface area contributed by atoms with Crippen LogP contribution >= 0.6 is 0 Å². The summed E-state index contributed by atoms with van der Waals surface area (Å²) in [6.45, 7) is 13.0. The summed E-state index contributed by atoms with van der Waals surface area (Å²) in [5.74, 6) is 0. The Hall–Kier alpha value is -0.0800. The van der Waals surface area contributed by atoms with Crippen molar-refractivity contribution in [3.63, 3.8) is 0 Å². The SMILES string of the molecule is CCNC(CC)C(C)(CC)N1CCCCC1. The smallest absolute Gasteiger partial charge is 0.0331 e. The summed E-state index contributed by atoms with van der Waals surface area (Å²) in [6.07, 6.45) is 6.68. The van der Waals surface area contributed by atoms with Gasteiger partial charge in [0.1, 0.15) is 0 Å². The van der Waals surface area contributed by atoms with Crippen molar-refractivity contribution in [1.82, 2.24) is 10.2 Å². The highest BCUT2D eigenvalue weighted by Crippen LogP contribution is 2.28. The second-order valence-corrected chi connectivity index (χ2v) is 5.28. The fraction of sp³-hybridized carbons (Fsp3) is 1.00. The molecule has 1 fully saturated rings. The van der Waals surface area contributed by atoms with Crippen LogP contribution in [0.25, 0.3) is 0 Å². The van der Waals surface area contributed by atoms with Gasteiger partial charge in [-0.1, -0.05) is 27.2 Å². The molecule has 16 heavy (non-hydrogen) atoms. The Morgan fingerprint density at radius 3 is 2.19 bits per heavy atom. The molecule has 1 N–H and O–H groups in total. The molecule has 0 aliphatic carbocycles. The van der Waals surface area contributed by atoms with E-state index in [2.05, 4.69) is 37.9 Å². The van der Waals surface area contributed by atoms with Crippen LogP contribution in [0.5, 0.6) is 0 Å². The van der Waals surface area contributed by atoms with Crippen LogP contribution in [-0.2, 0) is 0 Å². The fourth-order valence-electron chi connectivity index (χ4n) is 3.15. The lowest BCUT2D eigenvalue weighted by atomic mass is 9.84. The Morgan fingerprint density at radius 2 is 1.75 bits per heavy atom. The third-order valence-corrected chi connectivity index (χ3v) is 4.40. The lowest BCUT2D eigenvalue weighted by molar-refractivity contribution is 0.0422. The van der Waals surface area contributed by atoms with E-state index in [-0.39, 0.29) is 0 Å². The van der Waals surface area contributed by atoms with E-state index in [0.29, 0.717) is 11.6 Å². The van der Waals surface area contributed by atoms with E-state index in [0.717, 1.165) is 6.54 Å². The van der Waals surface area contributed by atoms with Gasteiger partial charge in [-0.2, -0.15) is 0 Å². The number of likely N-dealkylation sites (tertiary alicyclic amines) is 1. The van der Waals surface area contributed by atoms with Crippen LogP contribution in [0.1, 0.15) is 59.8 Å². The third-order valence-electron chi connectivity index (χ3n) is 4.40. The minimum Gasteiger partial charge on any atom is -0.312 e. The minimum absolute atomic E-state index is 0.352. The van der Waals surface area contributed by atoms with Gasteiger partial charge in [-0.15, -0.1) is 0 Å². The molecule has 0 radical (unpaired) electrons. The molecule has 2 nitrogen and oxygen atoms in total. The molecule has 2 unspecified atom stereocenters. The van der Waals surface area contributed by atoms with Crippen LogP contribution in [0.3, 0.4) is 0 Å². The van der Waals surface area contributed by atoms with Crippen molar-refractivity contribution in [2.45, 2.75) is 71.4 Å². The highest BCUT2D eigenvalue weighted by Gasteiger charge is 2.37. The molecule has 1 aliphatic heterocycles. The van der Waals surface area contributed by atoms with Gasteiger partial charge in [-0.05, 0) is 52.2 Å².